The first-order valence-electron chi connectivity index (χ1n) is 8.03. The average molecular weight is 337 g/mol. The van der Waals surface area contributed by atoms with Crippen LogP contribution in [0.15, 0.2) is 47.1 Å². The number of anilines is 1. The Hall–Kier alpha value is -3.15. The number of rotatable bonds is 5. The molecule has 3 rings (SSSR count). The van der Waals surface area contributed by atoms with Crippen LogP contribution in [0.5, 0.6) is 5.75 Å². The van der Waals surface area contributed by atoms with Crippen LogP contribution in [0, 0.1) is 13.8 Å². The largest absolute Gasteiger partial charge is 0.494 e. The summed E-state index contributed by atoms with van der Waals surface area (Å²) in [6.07, 6.45) is 0. The van der Waals surface area contributed by atoms with E-state index in [2.05, 4.69) is 15.6 Å². The van der Waals surface area contributed by atoms with Gasteiger partial charge in [-0.1, -0.05) is 12.1 Å². The summed E-state index contributed by atoms with van der Waals surface area (Å²) in [5, 5.41) is 10.5. The molecule has 1 N–H and O–H groups in total. The van der Waals surface area contributed by atoms with E-state index in [0.717, 1.165) is 16.9 Å². The van der Waals surface area contributed by atoms with E-state index in [-0.39, 0.29) is 5.91 Å². The first-order chi connectivity index (χ1) is 12.1. The van der Waals surface area contributed by atoms with Gasteiger partial charge >= 0.3 is 0 Å². The third-order valence-electron chi connectivity index (χ3n) is 3.93. The van der Waals surface area contributed by atoms with E-state index in [4.69, 9.17) is 9.37 Å². The second kappa shape index (κ2) is 7.17. The first-order valence-corrected chi connectivity index (χ1v) is 8.03. The van der Waals surface area contributed by atoms with Gasteiger partial charge < -0.3 is 10.1 Å². The van der Waals surface area contributed by atoms with Crippen LogP contribution >= 0.6 is 0 Å². The molecule has 0 saturated heterocycles. The molecule has 0 bridgehead atoms. The fourth-order valence-corrected chi connectivity index (χ4v) is 2.40. The van der Waals surface area contributed by atoms with Gasteiger partial charge in [0.2, 0.25) is 5.82 Å². The van der Waals surface area contributed by atoms with E-state index < -0.39 is 0 Å². The number of hydrogen-bond donors (Lipinski definition) is 1. The first kappa shape index (κ1) is 16.7. The zero-order valence-corrected chi connectivity index (χ0v) is 14.4. The molecule has 6 heteroatoms. The van der Waals surface area contributed by atoms with Crippen LogP contribution < -0.4 is 10.1 Å². The summed E-state index contributed by atoms with van der Waals surface area (Å²) in [5.74, 6) is 0.726. The fourth-order valence-electron chi connectivity index (χ4n) is 2.40. The normalized spacial score (nSPS) is 10.5. The predicted molar refractivity (Wildman–Crippen MR) is 94.8 cm³/mol. The Morgan fingerprint density at radius 1 is 1.08 bits per heavy atom. The molecule has 25 heavy (non-hydrogen) atoms. The van der Waals surface area contributed by atoms with Crippen molar-refractivity contribution >= 4 is 11.7 Å². The van der Waals surface area contributed by atoms with Gasteiger partial charge in [-0.3, -0.25) is 4.79 Å². The second-order valence-electron chi connectivity index (χ2n) is 5.67. The molecule has 0 radical (unpaired) electrons. The number of nitrogens with one attached hydrogen (secondary N) is 1. The Morgan fingerprint density at radius 2 is 1.84 bits per heavy atom. The van der Waals surface area contributed by atoms with Crippen molar-refractivity contribution in [3.05, 3.63) is 59.2 Å². The smallest absolute Gasteiger partial charge is 0.256 e. The van der Waals surface area contributed by atoms with Gasteiger partial charge in [-0.15, -0.1) is 0 Å². The summed E-state index contributed by atoms with van der Waals surface area (Å²) in [7, 11) is 0. The number of carbonyl (C=O) groups is 1. The lowest BCUT2D eigenvalue weighted by Gasteiger charge is -2.06. The lowest BCUT2D eigenvalue weighted by atomic mass is 10.0. The number of hydrogen-bond acceptors (Lipinski definition) is 5. The third-order valence-corrected chi connectivity index (χ3v) is 3.93. The molecule has 0 unspecified atom stereocenters. The molecule has 0 atom stereocenters. The molecule has 1 aromatic heterocycles. The molecule has 0 saturated carbocycles. The van der Waals surface area contributed by atoms with Crippen LogP contribution in [-0.2, 0) is 0 Å². The molecule has 0 aliphatic carbocycles. The molecule has 6 nitrogen and oxygen atoms in total. The van der Waals surface area contributed by atoms with Gasteiger partial charge in [0, 0.05) is 11.1 Å². The number of benzene rings is 2. The molecule has 0 spiro atoms. The lowest BCUT2D eigenvalue weighted by Crippen LogP contribution is -2.12. The average Bonchev–Trinajstić information content (AvgIpc) is 3.06. The quantitative estimate of drug-likeness (QED) is 0.761. The Balaban J connectivity index is 1.80. The minimum absolute atomic E-state index is 0.288. The molecule has 1 amide bonds. The van der Waals surface area contributed by atoms with E-state index in [1.54, 1.807) is 24.3 Å². The molecule has 0 aliphatic rings. The Bertz CT molecular complexity index is 885. The van der Waals surface area contributed by atoms with Crippen molar-refractivity contribution in [1.82, 2.24) is 10.3 Å². The van der Waals surface area contributed by atoms with Crippen LogP contribution in [0.25, 0.3) is 11.3 Å². The summed E-state index contributed by atoms with van der Waals surface area (Å²) in [6.45, 7) is 6.54. The number of aromatic nitrogens is 2. The van der Waals surface area contributed by atoms with Crippen molar-refractivity contribution in [2.24, 2.45) is 0 Å². The lowest BCUT2D eigenvalue weighted by molar-refractivity contribution is 0.102. The van der Waals surface area contributed by atoms with Crippen molar-refractivity contribution in [1.29, 1.82) is 0 Å². The van der Waals surface area contributed by atoms with Crippen molar-refractivity contribution < 1.29 is 14.2 Å². The zero-order valence-electron chi connectivity index (χ0n) is 14.4. The van der Waals surface area contributed by atoms with Crippen LogP contribution in [0.3, 0.4) is 0 Å². The van der Waals surface area contributed by atoms with Crippen molar-refractivity contribution in [3.63, 3.8) is 0 Å². The number of carbonyl (C=O) groups excluding carboxylic acids is 1. The summed E-state index contributed by atoms with van der Waals surface area (Å²) in [4.78, 5) is 12.4. The minimum Gasteiger partial charge on any atom is -0.494 e. The van der Waals surface area contributed by atoms with Gasteiger partial charge in [0.25, 0.3) is 5.91 Å². The molecule has 0 aliphatic heterocycles. The van der Waals surface area contributed by atoms with Gasteiger partial charge in [0.15, 0.2) is 5.69 Å². The van der Waals surface area contributed by atoms with E-state index in [0.29, 0.717) is 23.7 Å². The molecule has 3 aromatic rings. The van der Waals surface area contributed by atoms with Crippen molar-refractivity contribution in [2.75, 3.05) is 11.9 Å². The van der Waals surface area contributed by atoms with Gasteiger partial charge in [-0.2, -0.15) is 0 Å². The molecule has 1 heterocycles. The summed E-state index contributed by atoms with van der Waals surface area (Å²) < 4.78 is 10.2. The third kappa shape index (κ3) is 3.68. The van der Waals surface area contributed by atoms with Crippen molar-refractivity contribution in [3.8, 4) is 17.0 Å². The molecule has 128 valence electrons. The number of aryl methyl sites for hydroxylation is 2. The molecular formula is C19H19N3O3. The molecule has 2 aromatic carbocycles. The van der Waals surface area contributed by atoms with Gasteiger partial charge in [0.05, 0.1) is 6.61 Å². The Labute approximate surface area is 145 Å². The minimum atomic E-state index is -0.288. The summed E-state index contributed by atoms with van der Waals surface area (Å²) in [5.41, 5.74) is 4.15. The van der Waals surface area contributed by atoms with Crippen LogP contribution in [0.4, 0.5) is 5.82 Å². The number of nitrogens with zero attached hydrogens (tertiary/aromatic N) is 2. The molecule has 0 fully saturated rings. The maximum absolute atomic E-state index is 12.4. The van der Waals surface area contributed by atoms with Crippen LogP contribution in [0.1, 0.15) is 28.4 Å². The zero-order chi connectivity index (χ0) is 17.8. The van der Waals surface area contributed by atoms with Crippen molar-refractivity contribution in [2.45, 2.75) is 20.8 Å². The molecular weight excluding hydrogens is 318 g/mol. The van der Waals surface area contributed by atoms with Crippen LogP contribution in [-0.4, -0.2) is 22.8 Å². The fraction of sp³-hybridized carbons (Fsp3) is 0.211. The maximum Gasteiger partial charge on any atom is 0.256 e. The van der Waals surface area contributed by atoms with Gasteiger partial charge in [0.1, 0.15) is 5.75 Å². The summed E-state index contributed by atoms with van der Waals surface area (Å²) in [6, 6.07) is 12.8. The standard InChI is InChI=1S/C19H19N3O3/c1-4-24-16-9-7-14(8-10-16)19(23)20-18-17(21-25-22-18)15-6-5-12(2)13(3)11-15/h5-11H,4H2,1-3H3,(H,20,22,23). The highest BCUT2D eigenvalue weighted by molar-refractivity contribution is 6.05. The Kier molecular flexibility index (Phi) is 4.79. The second-order valence-corrected chi connectivity index (χ2v) is 5.67. The topological polar surface area (TPSA) is 77.2 Å². The predicted octanol–water partition coefficient (Wildman–Crippen LogP) is 4.00. The van der Waals surface area contributed by atoms with E-state index in [9.17, 15) is 4.79 Å². The number of ether oxygens (including phenoxy) is 1. The highest BCUT2D eigenvalue weighted by Crippen LogP contribution is 2.26. The monoisotopic (exact) mass is 337 g/mol. The van der Waals surface area contributed by atoms with Gasteiger partial charge in [-0.05, 0) is 72.5 Å². The van der Waals surface area contributed by atoms with E-state index in [1.807, 2.05) is 39.0 Å². The maximum atomic E-state index is 12.4. The number of amides is 1. The summed E-state index contributed by atoms with van der Waals surface area (Å²) >= 11 is 0. The highest BCUT2D eigenvalue weighted by Gasteiger charge is 2.16. The van der Waals surface area contributed by atoms with Crippen LogP contribution in [0.2, 0.25) is 0 Å². The highest BCUT2D eigenvalue weighted by atomic mass is 16.6. The van der Waals surface area contributed by atoms with Gasteiger partial charge in [-0.25, -0.2) is 4.63 Å². The SMILES string of the molecule is CCOc1ccc(C(=O)Nc2nonc2-c2ccc(C)c(C)c2)cc1. The van der Waals surface area contributed by atoms with E-state index >= 15 is 0 Å². The Morgan fingerprint density at radius 3 is 2.52 bits per heavy atom. The van der Waals surface area contributed by atoms with E-state index in [1.165, 1.54) is 5.56 Å².